The molecule has 1 saturated carbocycles. The fraction of sp³-hybridized carbons (Fsp3) is 0.500. The van der Waals surface area contributed by atoms with E-state index in [1.54, 1.807) is 32.2 Å². The Kier molecular flexibility index (Phi) is 11.4. The van der Waals surface area contributed by atoms with Crippen LogP contribution >= 0.6 is 11.6 Å². The van der Waals surface area contributed by atoms with Gasteiger partial charge in [0.2, 0.25) is 17.7 Å². The Morgan fingerprint density at radius 3 is 2.78 bits per heavy atom. The molecule has 262 valence electrons. The highest BCUT2D eigenvalue weighted by molar-refractivity contribution is 7.92. The van der Waals surface area contributed by atoms with Crippen molar-refractivity contribution in [1.82, 2.24) is 14.9 Å². The van der Waals surface area contributed by atoms with E-state index in [1.807, 2.05) is 12.1 Å². The van der Waals surface area contributed by atoms with Gasteiger partial charge < -0.3 is 18.8 Å². The van der Waals surface area contributed by atoms with Gasteiger partial charge in [0, 0.05) is 50.6 Å². The molecule has 2 aromatic carbocycles. The van der Waals surface area contributed by atoms with Crippen molar-refractivity contribution in [2.45, 2.75) is 77.4 Å². The highest BCUT2D eigenvalue weighted by atomic mass is 35.5. The van der Waals surface area contributed by atoms with Crippen LogP contribution in [0.15, 0.2) is 57.3 Å². The average Bonchev–Trinajstić information content (AvgIpc) is 3.48. The van der Waals surface area contributed by atoms with E-state index < -0.39 is 21.7 Å². The summed E-state index contributed by atoms with van der Waals surface area (Å²) >= 11 is 6.45. The van der Waals surface area contributed by atoms with E-state index in [0.29, 0.717) is 60.4 Å². The summed E-state index contributed by atoms with van der Waals surface area (Å²) in [5, 5.41) is 8.42. The Bertz CT molecular complexity index is 1820. The molecule has 4 atom stereocenters. The van der Waals surface area contributed by atoms with E-state index in [0.717, 1.165) is 44.3 Å². The van der Waals surface area contributed by atoms with Gasteiger partial charge in [-0.15, -0.1) is 14.6 Å². The van der Waals surface area contributed by atoms with Crippen LogP contribution in [-0.4, -0.2) is 58.3 Å². The summed E-state index contributed by atoms with van der Waals surface area (Å²) < 4.78 is 38.7. The Balaban J connectivity index is 1.37. The van der Waals surface area contributed by atoms with Gasteiger partial charge in [-0.2, -0.15) is 0 Å². The molecule has 49 heavy (non-hydrogen) atoms. The maximum Gasteiger partial charge on any atom is 0.286 e. The summed E-state index contributed by atoms with van der Waals surface area (Å²) in [4.78, 5) is 29.1. The molecule has 13 heteroatoms. The summed E-state index contributed by atoms with van der Waals surface area (Å²) in [5.74, 6) is 0.908. The molecule has 0 radical (unpaired) electrons. The molecule has 2 amide bonds. The second-order valence-corrected chi connectivity index (χ2v) is 15.5. The van der Waals surface area contributed by atoms with Crippen molar-refractivity contribution in [3.05, 3.63) is 82.0 Å². The van der Waals surface area contributed by atoms with Crippen LogP contribution < -0.4 is 14.4 Å². The standard InChI is InChI=1S/C36H44ClN5O6S/c1-24-38-39-35(48-24)17-16-34(43)40-49(45)19-7-3-4-9-32(46-2)30-14-11-28(30)23-42-22-27-10-13-29(37)20-25(27)8-5-6-18-47-33-15-12-26(21-31(33)42)36(44)41-49/h4,9-10,12-13,15,20-21,28,30,32H,3,5-8,11,14,16-19,22-23H2,1-2H3,(H,40,41,43,44,45)/b9-4+/t28-,30+,32-,49?/m0/s1. The fourth-order valence-corrected chi connectivity index (χ4v) is 8.63. The minimum atomic E-state index is -3.46. The molecule has 0 saturated heterocycles. The molecule has 2 aliphatic heterocycles. The van der Waals surface area contributed by atoms with Gasteiger partial charge in [-0.05, 0) is 98.2 Å². The lowest BCUT2D eigenvalue weighted by atomic mass is 9.70. The van der Waals surface area contributed by atoms with Crippen LogP contribution in [0, 0.1) is 18.8 Å². The zero-order chi connectivity index (χ0) is 34.4. The first kappa shape index (κ1) is 35.1. The number of methoxy groups -OCH3 is 1. The number of ether oxygens (including phenoxy) is 2. The molecule has 3 aliphatic rings. The minimum Gasteiger partial charge on any atom is -0.491 e. The molecule has 3 aromatic rings. The number of hydrogen-bond acceptors (Lipinski definition) is 9. The van der Waals surface area contributed by atoms with E-state index in [-0.39, 0.29) is 30.3 Å². The van der Waals surface area contributed by atoms with Gasteiger partial charge in [0.1, 0.15) is 15.7 Å². The fourth-order valence-electron chi connectivity index (χ4n) is 6.81. The first-order valence-corrected chi connectivity index (χ1v) is 19.1. The number of nitrogens with one attached hydrogen (secondary N) is 1. The van der Waals surface area contributed by atoms with E-state index >= 15 is 0 Å². The number of rotatable bonds is 5. The van der Waals surface area contributed by atoms with Crippen LogP contribution in [0.4, 0.5) is 5.69 Å². The largest absolute Gasteiger partial charge is 0.491 e. The smallest absolute Gasteiger partial charge is 0.286 e. The predicted octanol–water partition coefficient (Wildman–Crippen LogP) is 6.42. The van der Waals surface area contributed by atoms with Crippen molar-refractivity contribution in [3.8, 4) is 5.75 Å². The molecule has 1 unspecified atom stereocenters. The third-order valence-electron chi connectivity index (χ3n) is 9.55. The van der Waals surface area contributed by atoms with Gasteiger partial charge >= 0.3 is 0 Å². The van der Waals surface area contributed by atoms with Crippen molar-refractivity contribution in [3.63, 3.8) is 0 Å². The van der Waals surface area contributed by atoms with Crippen molar-refractivity contribution in [2.24, 2.45) is 16.2 Å². The van der Waals surface area contributed by atoms with Crippen LogP contribution in [0.5, 0.6) is 5.75 Å². The van der Waals surface area contributed by atoms with Crippen molar-refractivity contribution >= 4 is 39.0 Å². The predicted molar refractivity (Wildman–Crippen MR) is 188 cm³/mol. The molecule has 1 aromatic heterocycles. The number of anilines is 1. The van der Waals surface area contributed by atoms with Crippen molar-refractivity contribution in [2.75, 3.05) is 30.9 Å². The van der Waals surface area contributed by atoms with Crippen molar-refractivity contribution < 1.29 is 27.7 Å². The average molecular weight is 710 g/mol. The number of halogens is 1. The van der Waals surface area contributed by atoms with E-state index in [4.69, 9.17) is 25.5 Å². The third-order valence-corrected chi connectivity index (χ3v) is 11.6. The number of nitrogens with zero attached hydrogens (tertiary/aromatic N) is 4. The minimum absolute atomic E-state index is 0.0116. The maximum absolute atomic E-state index is 14.2. The molecule has 2 bridgehead atoms. The SMILES string of the molecule is CO[C@H]1/C=C/CCCS(=O)(NC(=O)CCc2nnc(C)o2)=NC(=O)c2ccc3c(c2)N(Cc2ccc(Cl)cc2CCCCO3)C[C@@H]2CC[C@H]21. The number of hydrogen-bond donors (Lipinski definition) is 1. The molecule has 3 heterocycles. The van der Waals surface area contributed by atoms with Crippen LogP contribution in [0.2, 0.25) is 5.02 Å². The monoisotopic (exact) mass is 709 g/mol. The number of carbonyl (C=O) groups is 2. The van der Waals surface area contributed by atoms with Crippen LogP contribution in [-0.2, 0) is 38.8 Å². The number of allylic oxidation sites excluding steroid dienone is 1. The molecule has 11 nitrogen and oxygen atoms in total. The number of fused-ring (bicyclic) bond motifs is 3. The first-order valence-electron chi connectivity index (χ1n) is 17.1. The van der Waals surface area contributed by atoms with Gasteiger partial charge in [0.15, 0.2) is 0 Å². The van der Waals surface area contributed by atoms with Gasteiger partial charge in [0.05, 0.1) is 24.2 Å². The zero-order valence-electron chi connectivity index (χ0n) is 28.1. The van der Waals surface area contributed by atoms with E-state index in [9.17, 15) is 13.8 Å². The molecule has 1 aliphatic carbocycles. The number of aryl methyl sites for hydroxylation is 3. The molecular weight excluding hydrogens is 666 g/mol. The lowest BCUT2D eigenvalue weighted by molar-refractivity contribution is -0.119. The number of aromatic nitrogens is 2. The van der Waals surface area contributed by atoms with Crippen LogP contribution in [0.1, 0.15) is 78.2 Å². The number of amides is 2. The normalized spacial score (nSPS) is 25.3. The van der Waals surface area contributed by atoms with Gasteiger partial charge in [0.25, 0.3) is 5.91 Å². The quantitative estimate of drug-likeness (QED) is 0.298. The van der Waals surface area contributed by atoms with Crippen molar-refractivity contribution in [1.29, 1.82) is 0 Å². The summed E-state index contributed by atoms with van der Waals surface area (Å²) in [6.45, 7) is 3.53. The summed E-state index contributed by atoms with van der Waals surface area (Å²) in [6.07, 6.45) is 10.1. The number of carbonyl (C=O) groups excluding carboxylic acids is 2. The Labute approximate surface area is 293 Å². The third kappa shape index (κ3) is 8.90. The molecule has 1 fully saturated rings. The Morgan fingerprint density at radius 2 is 2.00 bits per heavy atom. The second kappa shape index (κ2) is 15.9. The summed E-state index contributed by atoms with van der Waals surface area (Å²) in [5.41, 5.74) is 3.43. The van der Waals surface area contributed by atoms with Gasteiger partial charge in [-0.1, -0.05) is 29.8 Å². The topological polar surface area (TPSA) is 136 Å². The van der Waals surface area contributed by atoms with E-state index in [1.165, 1.54) is 11.1 Å². The highest BCUT2D eigenvalue weighted by Gasteiger charge is 2.38. The number of benzene rings is 2. The second-order valence-electron chi connectivity index (χ2n) is 13.0. The maximum atomic E-state index is 14.2. The molecule has 6 rings (SSSR count). The molecule has 1 N–H and O–H groups in total. The lowest BCUT2D eigenvalue weighted by Gasteiger charge is -2.43. The van der Waals surface area contributed by atoms with Crippen LogP contribution in [0.3, 0.4) is 0 Å². The summed E-state index contributed by atoms with van der Waals surface area (Å²) in [7, 11) is -1.72. The molecular formula is C36H44ClN5O6S. The summed E-state index contributed by atoms with van der Waals surface area (Å²) in [6, 6.07) is 11.3. The van der Waals surface area contributed by atoms with E-state index in [2.05, 4.69) is 42.4 Å². The highest BCUT2D eigenvalue weighted by Crippen LogP contribution is 2.42. The lowest BCUT2D eigenvalue weighted by Crippen LogP contribution is -2.43. The first-order chi connectivity index (χ1) is 23.7. The zero-order valence-corrected chi connectivity index (χ0v) is 29.6. The Morgan fingerprint density at radius 1 is 1.12 bits per heavy atom. The van der Waals surface area contributed by atoms with Gasteiger partial charge in [-0.3, -0.25) is 14.3 Å². The molecule has 0 spiro atoms. The Hall–Kier alpha value is -3.74. The van der Waals surface area contributed by atoms with Crippen LogP contribution in [0.25, 0.3) is 0 Å². The van der Waals surface area contributed by atoms with Gasteiger partial charge in [-0.25, -0.2) is 4.21 Å².